The summed E-state index contributed by atoms with van der Waals surface area (Å²) >= 11 is 0. The highest BCUT2D eigenvalue weighted by molar-refractivity contribution is 5.44. The second-order valence-electron chi connectivity index (χ2n) is 5.76. The van der Waals surface area contributed by atoms with Crippen molar-refractivity contribution in [2.24, 2.45) is 11.8 Å². The van der Waals surface area contributed by atoms with Crippen LogP contribution in [0.5, 0.6) is 11.5 Å². The molecule has 2 atom stereocenters. The molecular formula is C17H28FNO2. The third-order valence-corrected chi connectivity index (χ3v) is 4.03. The molecule has 1 N–H and O–H groups in total. The molecule has 0 aromatic heterocycles. The Balaban J connectivity index is 3.22. The first-order valence-corrected chi connectivity index (χ1v) is 7.61. The first kappa shape index (κ1) is 17.8. The van der Waals surface area contributed by atoms with Crippen molar-refractivity contribution >= 4 is 0 Å². The van der Waals surface area contributed by atoms with Gasteiger partial charge < -0.3 is 14.8 Å². The predicted octanol–water partition coefficient (Wildman–Crippen LogP) is 4.18. The molecule has 0 fully saturated rings. The van der Waals surface area contributed by atoms with E-state index in [0.29, 0.717) is 28.9 Å². The lowest BCUT2D eigenvalue weighted by molar-refractivity contribution is 0.294. The molecule has 0 aliphatic carbocycles. The largest absolute Gasteiger partial charge is 0.493 e. The van der Waals surface area contributed by atoms with Gasteiger partial charge in [-0.1, -0.05) is 27.7 Å². The molecule has 0 aliphatic rings. The third kappa shape index (κ3) is 4.34. The number of methoxy groups -OCH3 is 2. The van der Waals surface area contributed by atoms with Crippen LogP contribution in [0.3, 0.4) is 0 Å². The number of hydrogen-bond donors (Lipinski definition) is 1. The van der Waals surface area contributed by atoms with Crippen LogP contribution in [0.1, 0.15) is 45.7 Å². The minimum absolute atomic E-state index is 0.0373. The lowest BCUT2D eigenvalue weighted by Crippen LogP contribution is -2.31. The molecule has 0 saturated heterocycles. The van der Waals surface area contributed by atoms with Gasteiger partial charge in [0.1, 0.15) is 5.82 Å². The SMILES string of the molecule is CCCNC(c1cc(OC)c(OC)cc1F)C(C)C(C)C. The molecule has 0 aliphatic heterocycles. The van der Waals surface area contributed by atoms with Gasteiger partial charge in [-0.25, -0.2) is 4.39 Å². The van der Waals surface area contributed by atoms with Crippen LogP contribution in [-0.4, -0.2) is 20.8 Å². The molecule has 120 valence electrons. The molecule has 0 radical (unpaired) electrons. The van der Waals surface area contributed by atoms with E-state index in [0.717, 1.165) is 13.0 Å². The molecule has 0 bridgehead atoms. The van der Waals surface area contributed by atoms with E-state index >= 15 is 0 Å². The van der Waals surface area contributed by atoms with E-state index in [1.165, 1.54) is 13.2 Å². The number of benzene rings is 1. The van der Waals surface area contributed by atoms with Crippen LogP contribution >= 0.6 is 0 Å². The van der Waals surface area contributed by atoms with Crippen molar-refractivity contribution < 1.29 is 13.9 Å². The monoisotopic (exact) mass is 297 g/mol. The zero-order chi connectivity index (χ0) is 16.0. The molecular weight excluding hydrogens is 269 g/mol. The van der Waals surface area contributed by atoms with E-state index in [-0.39, 0.29) is 11.9 Å². The minimum atomic E-state index is -0.256. The zero-order valence-corrected chi connectivity index (χ0v) is 14.0. The van der Waals surface area contributed by atoms with Crippen molar-refractivity contribution in [2.45, 2.75) is 40.2 Å². The summed E-state index contributed by atoms with van der Waals surface area (Å²) in [6.07, 6.45) is 1.01. The van der Waals surface area contributed by atoms with Gasteiger partial charge in [-0.3, -0.25) is 0 Å². The first-order valence-electron chi connectivity index (χ1n) is 7.61. The maximum absolute atomic E-state index is 14.5. The Labute approximate surface area is 127 Å². The van der Waals surface area contributed by atoms with Gasteiger partial charge in [0.25, 0.3) is 0 Å². The van der Waals surface area contributed by atoms with Crippen LogP contribution in [0.15, 0.2) is 12.1 Å². The van der Waals surface area contributed by atoms with Gasteiger partial charge in [-0.2, -0.15) is 0 Å². The fourth-order valence-electron chi connectivity index (χ4n) is 2.37. The highest BCUT2D eigenvalue weighted by atomic mass is 19.1. The van der Waals surface area contributed by atoms with E-state index < -0.39 is 0 Å². The molecule has 1 rings (SSSR count). The van der Waals surface area contributed by atoms with Gasteiger partial charge in [-0.05, 0) is 30.9 Å². The normalized spacial score (nSPS) is 14.1. The van der Waals surface area contributed by atoms with Crippen LogP contribution in [0.2, 0.25) is 0 Å². The lowest BCUT2D eigenvalue weighted by atomic mass is 9.85. The Morgan fingerprint density at radius 1 is 1.10 bits per heavy atom. The quantitative estimate of drug-likeness (QED) is 0.781. The summed E-state index contributed by atoms with van der Waals surface area (Å²) < 4.78 is 24.9. The van der Waals surface area contributed by atoms with Crippen molar-refractivity contribution in [3.8, 4) is 11.5 Å². The number of nitrogens with one attached hydrogen (secondary N) is 1. The molecule has 2 unspecified atom stereocenters. The highest BCUT2D eigenvalue weighted by Gasteiger charge is 2.25. The number of rotatable bonds is 8. The molecule has 1 aromatic rings. The molecule has 0 heterocycles. The fraction of sp³-hybridized carbons (Fsp3) is 0.647. The van der Waals surface area contributed by atoms with E-state index in [1.807, 2.05) is 0 Å². The smallest absolute Gasteiger partial charge is 0.163 e. The van der Waals surface area contributed by atoms with Crippen molar-refractivity contribution in [3.05, 3.63) is 23.5 Å². The molecule has 0 saturated carbocycles. The second kappa shape index (κ2) is 8.23. The topological polar surface area (TPSA) is 30.5 Å². The Hall–Kier alpha value is -1.29. The van der Waals surface area contributed by atoms with Gasteiger partial charge in [0.15, 0.2) is 11.5 Å². The van der Waals surface area contributed by atoms with Gasteiger partial charge in [0, 0.05) is 17.7 Å². The van der Waals surface area contributed by atoms with E-state index in [4.69, 9.17) is 9.47 Å². The van der Waals surface area contributed by atoms with Crippen molar-refractivity contribution in [1.82, 2.24) is 5.32 Å². The molecule has 0 amide bonds. The Morgan fingerprint density at radius 3 is 2.14 bits per heavy atom. The van der Waals surface area contributed by atoms with E-state index in [1.54, 1.807) is 13.2 Å². The van der Waals surface area contributed by atoms with Crippen molar-refractivity contribution in [3.63, 3.8) is 0 Å². The van der Waals surface area contributed by atoms with Crippen LogP contribution in [0, 0.1) is 17.7 Å². The van der Waals surface area contributed by atoms with Gasteiger partial charge in [0.05, 0.1) is 14.2 Å². The van der Waals surface area contributed by atoms with Gasteiger partial charge >= 0.3 is 0 Å². The first-order chi connectivity index (χ1) is 9.96. The summed E-state index contributed by atoms with van der Waals surface area (Å²) in [6, 6.07) is 3.12. The van der Waals surface area contributed by atoms with Crippen LogP contribution in [0.25, 0.3) is 0 Å². The van der Waals surface area contributed by atoms with E-state index in [2.05, 4.69) is 33.0 Å². The van der Waals surface area contributed by atoms with Crippen molar-refractivity contribution in [2.75, 3.05) is 20.8 Å². The summed E-state index contributed by atoms with van der Waals surface area (Å²) in [5.41, 5.74) is 0.641. The second-order valence-corrected chi connectivity index (χ2v) is 5.76. The number of hydrogen-bond acceptors (Lipinski definition) is 3. The van der Waals surface area contributed by atoms with Gasteiger partial charge in [0.2, 0.25) is 0 Å². The number of ether oxygens (including phenoxy) is 2. The molecule has 1 aromatic carbocycles. The lowest BCUT2D eigenvalue weighted by Gasteiger charge is -2.29. The minimum Gasteiger partial charge on any atom is -0.493 e. The summed E-state index contributed by atoms with van der Waals surface area (Å²) in [4.78, 5) is 0. The summed E-state index contributed by atoms with van der Waals surface area (Å²) in [6.45, 7) is 9.42. The Morgan fingerprint density at radius 2 is 1.67 bits per heavy atom. The third-order valence-electron chi connectivity index (χ3n) is 4.03. The van der Waals surface area contributed by atoms with E-state index in [9.17, 15) is 4.39 Å². The maximum Gasteiger partial charge on any atom is 0.163 e. The predicted molar refractivity (Wildman–Crippen MR) is 84.5 cm³/mol. The van der Waals surface area contributed by atoms with Crippen molar-refractivity contribution in [1.29, 1.82) is 0 Å². The fourth-order valence-corrected chi connectivity index (χ4v) is 2.37. The average Bonchev–Trinajstić information content (AvgIpc) is 2.47. The molecule has 4 heteroatoms. The summed E-state index contributed by atoms with van der Waals surface area (Å²) in [5.74, 6) is 1.49. The average molecular weight is 297 g/mol. The maximum atomic E-state index is 14.5. The molecule has 3 nitrogen and oxygen atoms in total. The summed E-state index contributed by atoms with van der Waals surface area (Å²) in [5, 5.41) is 3.46. The van der Waals surface area contributed by atoms with Crippen LogP contribution in [0.4, 0.5) is 4.39 Å². The van der Waals surface area contributed by atoms with Crippen LogP contribution in [-0.2, 0) is 0 Å². The summed E-state index contributed by atoms with van der Waals surface area (Å²) in [7, 11) is 3.08. The standard InChI is InChI=1S/C17H28FNO2/c1-7-8-19-17(12(4)11(2)3)13-9-15(20-5)16(21-6)10-14(13)18/h9-12,17,19H,7-8H2,1-6H3. The Bertz CT molecular complexity index is 449. The van der Waals surface area contributed by atoms with Gasteiger partial charge in [-0.15, -0.1) is 0 Å². The highest BCUT2D eigenvalue weighted by Crippen LogP contribution is 2.36. The van der Waals surface area contributed by atoms with Crippen LogP contribution < -0.4 is 14.8 Å². The molecule has 21 heavy (non-hydrogen) atoms. The zero-order valence-electron chi connectivity index (χ0n) is 14.0. The molecule has 0 spiro atoms. The Kier molecular flexibility index (Phi) is 6.96. The number of halogens is 1.